The Morgan fingerprint density at radius 1 is 1.25 bits per heavy atom. The van der Waals surface area contributed by atoms with Crippen molar-refractivity contribution in [1.29, 1.82) is 0 Å². The van der Waals surface area contributed by atoms with Crippen LogP contribution in [0.4, 0.5) is 0 Å². The molecule has 0 aromatic rings. The maximum atomic E-state index is 10.8. The Morgan fingerprint density at radius 3 is 1.92 bits per heavy atom. The molecule has 1 N–H and O–H groups in total. The van der Waals surface area contributed by atoms with Crippen LogP contribution < -0.4 is 0 Å². The van der Waals surface area contributed by atoms with Crippen LogP contribution in [-0.2, 0) is 9.59 Å². The number of carboxylic acid groups (broad SMARTS) is 1. The van der Waals surface area contributed by atoms with E-state index in [1.807, 2.05) is 0 Å². The zero-order chi connectivity index (χ0) is 9.94. The number of rotatable bonds is 2. The molecule has 3 nitrogen and oxygen atoms in total. The van der Waals surface area contributed by atoms with Crippen LogP contribution in [0.3, 0.4) is 0 Å². The maximum absolute atomic E-state index is 10.8. The molecule has 0 amide bonds. The molecule has 0 unspecified atom stereocenters. The lowest BCUT2D eigenvalue weighted by atomic mass is 10.4. The molecule has 0 spiro atoms. The predicted octanol–water partition coefficient (Wildman–Crippen LogP) is 2.13. The molecule has 0 aliphatic carbocycles. The SMILES string of the molecule is O=C(O)/C(Cl)=C/C(=O)C(Cl)(Cl)Cl. The summed E-state index contributed by atoms with van der Waals surface area (Å²) in [5.74, 6) is -2.46. The molecule has 0 bridgehead atoms. The fourth-order valence-electron chi connectivity index (χ4n) is 0.259. The number of halogens is 4. The average molecular weight is 252 g/mol. The van der Waals surface area contributed by atoms with Crippen LogP contribution in [0.5, 0.6) is 0 Å². The molecule has 12 heavy (non-hydrogen) atoms. The number of aliphatic carboxylic acids is 1. The minimum atomic E-state index is -2.17. The van der Waals surface area contributed by atoms with E-state index in [2.05, 4.69) is 0 Å². The van der Waals surface area contributed by atoms with Crippen molar-refractivity contribution in [1.82, 2.24) is 0 Å². The lowest BCUT2D eigenvalue weighted by molar-refractivity contribution is -0.132. The molecule has 0 radical (unpaired) electrons. The van der Waals surface area contributed by atoms with Crippen molar-refractivity contribution < 1.29 is 14.7 Å². The summed E-state index contributed by atoms with van der Waals surface area (Å²) in [6.07, 6.45) is 0.539. The number of ketones is 1. The first-order chi connectivity index (χ1) is 5.25. The Balaban J connectivity index is 4.57. The smallest absolute Gasteiger partial charge is 0.347 e. The normalized spacial score (nSPS) is 12.8. The van der Waals surface area contributed by atoms with Gasteiger partial charge in [-0.25, -0.2) is 4.79 Å². The number of alkyl halides is 3. The topological polar surface area (TPSA) is 54.4 Å². The highest BCUT2D eigenvalue weighted by Gasteiger charge is 2.29. The van der Waals surface area contributed by atoms with Gasteiger partial charge in [0.2, 0.25) is 5.78 Å². The van der Waals surface area contributed by atoms with Crippen LogP contribution in [0.2, 0.25) is 0 Å². The van der Waals surface area contributed by atoms with Crippen LogP contribution in [0.1, 0.15) is 0 Å². The van der Waals surface area contributed by atoms with Gasteiger partial charge in [0, 0.05) is 6.08 Å². The molecule has 0 heterocycles. The van der Waals surface area contributed by atoms with Crippen molar-refractivity contribution in [2.75, 3.05) is 0 Å². The van der Waals surface area contributed by atoms with Crippen molar-refractivity contribution in [3.8, 4) is 0 Å². The van der Waals surface area contributed by atoms with E-state index in [-0.39, 0.29) is 0 Å². The Bertz CT molecular complexity index is 240. The molecule has 0 rings (SSSR count). The van der Waals surface area contributed by atoms with Crippen molar-refractivity contribution in [2.45, 2.75) is 3.79 Å². The van der Waals surface area contributed by atoms with E-state index >= 15 is 0 Å². The summed E-state index contributed by atoms with van der Waals surface area (Å²) in [5.41, 5.74) is 0. The minimum Gasteiger partial charge on any atom is -0.477 e. The number of carbonyl (C=O) groups is 2. The molecule has 68 valence electrons. The zero-order valence-electron chi connectivity index (χ0n) is 5.35. The number of hydrogen-bond donors (Lipinski definition) is 1. The van der Waals surface area contributed by atoms with E-state index in [4.69, 9.17) is 51.5 Å². The minimum absolute atomic E-state index is 0.539. The second-order valence-corrected chi connectivity index (χ2v) is 4.35. The molecule has 0 fully saturated rings. The standard InChI is InChI=1S/C5H2Cl4O3/c6-2(4(11)12)1-3(10)5(7,8)9/h1H,(H,11,12)/b2-1-. The van der Waals surface area contributed by atoms with Gasteiger partial charge < -0.3 is 5.11 Å². The third kappa shape index (κ3) is 4.16. The summed E-state index contributed by atoms with van der Waals surface area (Å²) >= 11 is 20.4. The molecule has 0 aromatic carbocycles. The zero-order valence-corrected chi connectivity index (χ0v) is 8.38. The number of allylic oxidation sites excluding steroid dienone is 1. The molecule has 0 saturated carbocycles. The van der Waals surface area contributed by atoms with Crippen LogP contribution >= 0.6 is 46.4 Å². The summed E-state index contributed by atoms with van der Waals surface area (Å²) in [6, 6.07) is 0. The molecule has 7 heteroatoms. The quantitative estimate of drug-likeness (QED) is 0.604. The van der Waals surface area contributed by atoms with Gasteiger partial charge in [-0.05, 0) is 0 Å². The van der Waals surface area contributed by atoms with Crippen molar-refractivity contribution in [3.05, 3.63) is 11.1 Å². The van der Waals surface area contributed by atoms with Gasteiger partial charge in [-0.2, -0.15) is 0 Å². The van der Waals surface area contributed by atoms with Gasteiger partial charge in [0.05, 0.1) is 0 Å². The summed E-state index contributed by atoms with van der Waals surface area (Å²) in [4.78, 5) is 20.8. The Morgan fingerprint density at radius 2 is 1.67 bits per heavy atom. The highest BCUT2D eigenvalue weighted by Crippen LogP contribution is 2.28. The van der Waals surface area contributed by atoms with Crippen LogP contribution in [0.25, 0.3) is 0 Å². The van der Waals surface area contributed by atoms with Gasteiger partial charge >= 0.3 is 5.97 Å². The van der Waals surface area contributed by atoms with E-state index in [0.29, 0.717) is 6.08 Å². The second-order valence-electron chi connectivity index (χ2n) is 1.66. The predicted molar refractivity (Wildman–Crippen MR) is 46.9 cm³/mol. The van der Waals surface area contributed by atoms with Gasteiger partial charge in [-0.3, -0.25) is 4.79 Å². The highest BCUT2D eigenvalue weighted by atomic mass is 35.6. The van der Waals surface area contributed by atoms with E-state index in [1.54, 1.807) is 0 Å². The van der Waals surface area contributed by atoms with E-state index in [0.717, 1.165) is 0 Å². The fourth-order valence-corrected chi connectivity index (χ4v) is 0.521. The molecule has 0 aliphatic heterocycles. The van der Waals surface area contributed by atoms with Gasteiger partial charge in [0.25, 0.3) is 3.79 Å². The number of carbonyl (C=O) groups excluding carboxylic acids is 1. The van der Waals surface area contributed by atoms with E-state index in [9.17, 15) is 9.59 Å². The first-order valence-electron chi connectivity index (χ1n) is 2.47. The van der Waals surface area contributed by atoms with Crippen molar-refractivity contribution >= 4 is 58.2 Å². The van der Waals surface area contributed by atoms with Gasteiger partial charge in [0.1, 0.15) is 5.03 Å². The maximum Gasteiger partial charge on any atom is 0.347 e. The highest BCUT2D eigenvalue weighted by molar-refractivity contribution is 6.77. The summed E-state index contributed by atoms with van der Waals surface area (Å²) in [6.45, 7) is 0. The van der Waals surface area contributed by atoms with Crippen LogP contribution in [0.15, 0.2) is 11.1 Å². The largest absolute Gasteiger partial charge is 0.477 e. The van der Waals surface area contributed by atoms with Gasteiger partial charge in [0.15, 0.2) is 0 Å². The van der Waals surface area contributed by atoms with Crippen molar-refractivity contribution in [2.24, 2.45) is 0 Å². The fraction of sp³-hybridized carbons (Fsp3) is 0.200. The summed E-state index contributed by atoms with van der Waals surface area (Å²) in [5, 5.41) is 7.51. The van der Waals surface area contributed by atoms with Gasteiger partial charge in [-0.1, -0.05) is 46.4 Å². The molecule has 0 aliphatic rings. The first-order valence-corrected chi connectivity index (χ1v) is 3.98. The molecule has 0 aromatic heterocycles. The molecule has 0 saturated heterocycles. The third-order valence-electron chi connectivity index (χ3n) is 0.742. The monoisotopic (exact) mass is 250 g/mol. The molecular weight excluding hydrogens is 250 g/mol. The molecule has 0 atom stereocenters. The van der Waals surface area contributed by atoms with E-state index < -0.39 is 20.6 Å². The lowest BCUT2D eigenvalue weighted by Crippen LogP contribution is -2.16. The Labute approximate surface area is 87.8 Å². The third-order valence-corrected chi connectivity index (χ3v) is 1.57. The molecular formula is C5H2Cl4O3. The first kappa shape index (κ1) is 12.0. The summed E-state index contributed by atoms with van der Waals surface area (Å²) < 4.78 is -2.17. The Hall–Kier alpha value is 0.0400. The van der Waals surface area contributed by atoms with Crippen LogP contribution in [0, 0.1) is 0 Å². The Kier molecular flexibility index (Phi) is 4.34. The number of carboxylic acids is 1. The lowest BCUT2D eigenvalue weighted by Gasteiger charge is -2.04. The van der Waals surface area contributed by atoms with Gasteiger partial charge in [-0.15, -0.1) is 0 Å². The van der Waals surface area contributed by atoms with E-state index in [1.165, 1.54) is 0 Å². The summed E-state index contributed by atoms with van der Waals surface area (Å²) in [7, 11) is 0. The van der Waals surface area contributed by atoms with Crippen molar-refractivity contribution in [3.63, 3.8) is 0 Å². The van der Waals surface area contributed by atoms with Crippen LogP contribution in [-0.4, -0.2) is 20.7 Å². The average Bonchev–Trinajstić information content (AvgIpc) is 1.85. The number of hydrogen-bond acceptors (Lipinski definition) is 2. The second kappa shape index (κ2) is 4.33.